The molecule has 3 nitrogen and oxygen atoms in total. The second kappa shape index (κ2) is 4.23. The largest absolute Gasteiger partial charge is 0.339 e. The number of hydrogen-bond donors (Lipinski definition) is 2. The van der Waals surface area contributed by atoms with Crippen molar-refractivity contribution in [3.8, 4) is 11.4 Å². The lowest BCUT2D eigenvalue weighted by Crippen LogP contribution is -1.96. The van der Waals surface area contributed by atoms with Gasteiger partial charge in [0.05, 0.1) is 5.69 Å². The van der Waals surface area contributed by atoms with Crippen molar-refractivity contribution in [3.63, 3.8) is 0 Å². The number of nitrogens with zero attached hydrogens (tertiary/aromatic N) is 1. The van der Waals surface area contributed by atoms with Gasteiger partial charge in [-0.15, -0.1) is 0 Å². The summed E-state index contributed by atoms with van der Waals surface area (Å²) in [4.78, 5) is 7.22. The van der Waals surface area contributed by atoms with Crippen LogP contribution in [-0.4, -0.2) is 9.97 Å². The molecule has 0 unspecified atom stereocenters. The molecule has 2 aromatic rings. The Balaban J connectivity index is 2.41. The monoisotopic (exact) mass is 241 g/mol. The van der Waals surface area contributed by atoms with Crippen molar-refractivity contribution in [2.75, 3.05) is 0 Å². The summed E-state index contributed by atoms with van der Waals surface area (Å²) in [5.41, 5.74) is 7.16. The van der Waals surface area contributed by atoms with Crippen LogP contribution in [0.15, 0.2) is 24.3 Å². The SMILES string of the molecule is NCc1[nH]c(-c2ccc(Cl)cc2)nc1Cl. The first-order chi connectivity index (χ1) is 7.20. The van der Waals surface area contributed by atoms with Gasteiger partial charge < -0.3 is 10.7 Å². The molecule has 0 amide bonds. The number of benzene rings is 1. The summed E-state index contributed by atoms with van der Waals surface area (Å²) in [6.45, 7) is 0.347. The number of aromatic nitrogens is 2. The molecule has 0 fully saturated rings. The zero-order chi connectivity index (χ0) is 10.8. The molecule has 5 heteroatoms. The first-order valence-electron chi connectivity index (χ1n) is 4.41. The zero-order valence-electron chi connectivity index (χ0n) is 7.80. The van der Waals surface area contributed by atoms with Crippen molar-refractivity contribution in [2.24, 2.45) is 5.73 Å². The van der Waals surface area contributed by atoms with Gasteiger partial charge in [0, 0.05) is 17.1 Å². The molecule has 0 aliphatic carbocycles. The summed E-state index contributed by atoms with van der Waals surface area (Å²) >= 11 is 11.7. The van der Waals surface area contributed by atoms with Gasteiger partial charge in [0.25, 0.3) is 0 Å². The van der Waals surface area contributed by atoms with E-state index in [0.717, 1.165) is 11.3 Å². The van der Waals surface area contributed by atoms with E-state index < -0.39 is 0 Å². The van der Waals surface area contributed by atoms with Crippen LogP contribution < -0.4 is 5.73 Å². The Kier molecular flexibility index (Phi) is 2.95. The predicted molar refractivity (Wildman–Crippen MR) is 61.9 cm³/mol. The van der Waals surface area contributed by atoms with Crippen molar-refractivity contribution < 1.29 is 0 Å². The van der Waals surface area contributed by atoms with Gasteiger partial charge in [-0.2, -0.15) is 0 Å². The summed E-state index contributed by atoms with van der Waals surface area (Å²) in [7, 11) is 0. The van der Waals surface area contributed by atoms with Crippen molar-refractivity contribution in [2.45, 2.75) is 6.54 Å². The smallest absolute Gasteiger partial charge is 0.152 e. The third-order valence-corrected chi connectivity index (χ3v) is 2.61. The van der Waals surface area contributed by atoms with Crippen LogP contribution in [-0.2, 0) is 6.54 Å². The molecule has 0 bridgehead atoms. The van der Waals surface area contributed by atoms with Crippen molar-refractivity contribution in [1.29, 1.82) is 0 Å². The summed E-state index contributed by atoms with van der Waals surface area (Å²) in [5, 5.41) is 1.11. The van der Waals surface area contributed by atoms with Gasteiger partial charge >= 0.3 is 0 Å². The lowest BCUT2D eigenvalue weighted by Gasteiger charge is -1.96. The fourth-order valence-corrected chi connectivity index (χ4v) is 1.60. The van der Waals surface area contributed by atoms with Gasteiger partial charge in [0.2, 0.25) is 0 Å². The second-order valence-corrected chi connectivity index (χ2v) is 3.86. The van der Waals surface area contributed by atoms with Crippen LogP contribution >= 0.6 is 23.2 Å². The Morgan fingerprint density at radius 1 is 1.20 bits per heavy atom. The fraction of sp³-hybridized carbons (Fsp3) is 0.100. The van der Waals surface area contributed by atoms with E-state index in [1.165, 1.54) is 0 Å². The average Bonchev–Trinajstić information content (AvgIpc) is 2.61. The Morgan fingerprint density at radius 3 is 2.40 bits per heavy atom. The zero-order valence-corrected chi connectivity index (χ0v) is 9.31. The topological polar surface area (TPSA) is 54.7 Å². The number of nitrogens with one attached hydrogen (secondary N) is 1. The number of rotatable bonds is 2. The fourth-order valence-electron chi connectivity index (χ4n) is 1.27. The minimum Gasteiger partial charge on any atom is -0.339 e. The molecule has 0 spiro atoms. The summed E-state index contributed by atoms with van der Waals surface area (Å²) < 4.78 is 0. The average molecular weight is 242 g/mol. The molecule has 1 aromatic carbocycles. The number of imidazole rings is 1. The molecule has 1 aromatic heterocycles. The van der Waals surface area contributed by atoms with Gasteiger partial charge in [-0.05, 0) is 24.3 Å². The molecule has 0 aliphatic heterocycles. The summed E-state index contributed by atoms with van der Waals surface area (Å²) in [6.07, 6.45) is 0. The third kappa shape index (κ3) is 2.15. The van der Waals surface area contributed by atoms with E-state index in [0.29, 0.717) is 22.5 Å². The standard InChI is InChI=1S/C10H9Cl2N3/c11-7-3-1-6(2-4-7)10-14-8(5-13)9(12)15-10/h1-4H,5,13H2,(H,14,15). The van der Waals surface area contributed by atoms with E-state index in [2.05, 4.69) is 9.97 Å². The number of aromatic amines is 1. The Morgan fingerprint density at radius 2 is 1.87 bits per heavy atom. The van der Waals surface area contributed by atoms with E-state index in [4.69, 9.17) is 28.9 Å². The number of H-pyrrole nitrogens is 1. The first kappa shape index (κ1) is 10.5. The molecule has 0 atom stereocenters. The van der Waals surface area contributed by atoms with Crippen LogP contribution in [0.3, 0.4) is 0 Å². The molecule has 3 N–H and O–H groups in total. The van der Waals surface area contributed by atoms with Crippen LogP contribution in [0.4, 0.5) is 0 Å². The van der Waals surface area contributed by atoms with Crippen molar-refractivity contribution in [1.82, 2.24) is 9.97 Å². The second-order valence-electron chi connectivity index (χ2n) is 3.07. The Hall–Kier alpha value is -1.03. The molecule has 0 saturated heterocycles. The van der Waals surface area contributed by atoms with Crippen LogP contribution in [0, 0.1) is 0 Å². The van der Waals surface area contributed by atoms with Crippen molar-refractivity contribution in [3.05, 3.63) is 40.1 Å². The van der Waals surface area contributed by atoms with Crippen molar-refractivity contribution >= 4 is 23.2 Å². The molecule has 2 rings (SSSR count). The normalized spacial score (nSPS) is 10.6. The van der Waals surface area contributed by atoms with Gasteiger partial charge in [-0.1, -0.05) is 23.2 Å². The highest BCUT2D eigenvalue weighted by atomic mass is 35.5. The van der Waals surface area contributed by atoms with E-state index in [-0.39, 0.29) is 0 Å². The maximum atomic E-state index is 5.88. The molecule has 0 saturated carbocycles. The highest BCUT2D eigenvalue weighted by molar-refractivity contribution is 6.30. The van der Waals surface area contributed by atoms with Crippen LogP contribution in [0.25, 0.3) is 11.4 Å². The van der Waals surface area contributed by atoms with Crippen LogP contribution in [0.2, 0.25) is 10.2 Å². The lowest BCUT2D eigenvalue weighted by molar-refractivity contribution is 1.01. The molecule has 15 heavy (non-hydrogen) atoms. The summed E-state index contributed by atoms with van der Waals surface area (Å²) in [6, 6.07) is 7.35. The molecular formula is C10H9Cl2N3. The maximum Gasteiger partial charge on any atom is 0.152 e. The minimum absolute atomic E-state index is 0.347. The molecular weight excluding hydrogens is 233 g/mol. The van der Waals surface area contributed by atoms with Crippen LogP contribution in [0.5, 0.6) is 0 Å². The van der Waals surface area contributed by atoms with Gasteiger partial charge in [-0.25, -0.2) is 4.98 Å². The van der Waals surface area contributed by atoms with Gasteiger partial charge in [-0.3, -0.25) is 0 Å². The summed E-state index contributed by atoms with van der Waals surface area (Å²) in [5.74, 6) is 0.706. The highest BCUT2D eigenvalue weighted by Gasteiger charge is 2.07. The first-order valence-corrected chi connectivity index (χ1v) is 5.16. The van der Waals surface area contributed by atoms with E-state index in [1.54, 1.807) is 12.1 Å². The molecule has 0 radical (unpaired) electrons. The molecule has 78 valence electrons. The van der Waals surface area contributed by atoms with E-state index in [1.807, 2.05) is 12.1 Å². The quantitative estimate of drug-likeness (QED) is 0.850. The van der Waals surface area contributed by atoms with E-state index in [9.17, 15) is 0 Å². The highest BCUT2D eigenvalue weighted by Crippen LogP contribution is 2.22. The number of nitrogens with two attached hydrogens (primary N) is 1. The third-order valence-electron chi connectivity index (χ3n) is 2.05. The van der Waals surface area contributed by atoms with Gasteiger partial charge in [0.15, 0.2) is 5.15 Å². The van der Waals surface area contributed by atoms with Gasteiger partial charge in [0.1, 0.15) is 5.82 Å². The Labute approximate surface area is 97.2 Å². The lowest BCUT2D eigenvalue weighted by atomic mass is 10.2. The van der Waals surface area contributed by atoms with E-state index >= 15 is 0 Å². The molecule has 1 heterocycles. The maximum absolute atomic E-state index is 5.88. The van der Waals surface area contributed by atoms with Crippen LogP contribution in [0.1, 0.15) is 5.69 Å². The number of halogens is 2. The minimum atomic E-state index is 0.347. The number of hydrogen-bond acceptors (Lipinski definition) is 2. The molecule has 0 aliphatic rings. The predicted octanol–water partition coefficient (Wildman–Crippen LogP) is 2.84. The Bertz CT molecular complexity index is 462.